The fraction of sp³-hybridized carbons (Fsp3) is 0.500. The Morgan fingerprint density at radius 1 is 1.42 bits per heavy atom. The van der Waals surface area contributed by atoms with Crippen molar-refractivity contribution in [2.45, 2.75) is 39.7 Å². The number of amides is 1. The van der Waals surface area contributed by atoms with Crippen molar-refractivity contribution in [2.75, 3.05) is 0 Å². The molecule has 5 nitrogen and oxygen atoms in total. The van der Waals surface area contributed by atoms with Crippen LogP contribution in [0.15, 0.2) is 18.3 Å². The Morgan fingerprint density at radius 3 is 2.63 bits per heavy atom. The second kappa shape index (κ2) is 6.87. The van der Waals surface area contributed by atoms with Crippen LogP contribution >= 0.6 is 0 Å². The Balaban J connectivity index is 2.78. The molecule has 1 atom stereocenters. The number of nitrogens with zero attached hydrogens (tertiary/aromatic N) is 1. The first kappa shape index (κ1) is 15.1. The monoisotopic (exact) mass is 264 g/mol. The van der Waals surface area contributed by atoms with E-state index in [0.717, 1.165) is 12.0 Å². The zero-order chi connectivity index (χ0) is 14.4. The van der Waals surface area contributed by atoms with Crippen molar-refractivity contribution in [1.29, 1.82) is 0 Å². The van der Waals surface area contributed by atoms with E-state index in [1.54, 1.807) is 12.3 Å². The topological polar surface area (TPSA) is 79.3 Å². The summed E-state index contributed by atoms with van der Waals surface area (Å²) in [5.74, 6) is -1.27. The van der Waals surface area contributed by atoms with E-state index in [2.05, 4.69) is 10.3 Å². The van der Waals surface area contributed by atoms with E-state index in [1.807, 2.05) is 26.8 Å². The molecule has 0 aromatic carbocycles. The molecule has 0 aliphatic carbocycles. The summed E-state index contributed by atoms with van der Waals surface area (Å²) < 4.78 is 0. The summed E-state index contributed by atoms with van der Waals surface area (Å²) in [6.07, 6.45) is 2.76. The quantitative estimate of drug-likeness (QED) is 0.822. The number of nitrogens with one attached hydrogen (secondary N) is 1. The van der Waals surface area contributed by atoms with Gasteiger partial charge in [0.1, 0.15) is 11.7 Å². The molecule has 0 aliphatic rings. The lowest BCUT2D eigenvalue weighted by Gasteiger charge is -2.16. The van der Waals surface area contributed by atoms with Crippen molar-refractivity contribution >= 4 is 11.9 Å². The molecule has 1 aromatic heterocycles. The van der Waals surface area contributed by atoms with Crippen LogP contribution in [0.4, 0.5) is 0 Å². The smallest absolute Gasteiger partial charge is 0.326 e. The van der Waals surface area contributed by atoms with Gasteiger partial charge in [-0.1, -0.05) is 20.8 Å². The maximum Gasteiger partial charge on any atom is 0.326 e. The Kier molecular flexibility index (Phi) is 5.48. The van der Waals surface area contributed by atoms with Crippen LogP contribution in [0, 0.1) is 5.92 Å². The highest BCUT2D eigenvalue weighted by atomic mass is 16.4. The predicted octanol–water partition coefficient (Wildman–Crippen LogP) is 1.87. The standard InChI is InChI=1S/C14H20N2O3/c1-4-10-5-6-15-11(8-10)13(17)16-12(14(18)19)7-9(2)3/h5-6,8-9,12H,4,7H2,1-3H3,(H,16,17)(H,18,19). The maximum atomic E-state index is 12.0. The molecule has 1 rings (SSSR count). The third-order valence-corrected chi connectivity index (χ3v) is 2.78. The summed E-state index contributed by atoms with van der Waals surface area (Å²) in [6, 6.07) is 2.64. The molecule has 5 heteroatoms. The second-order valence-electron chi connectivity index (χ2n) is 4.90. The predicted molar refractivity (Wildman–Crippen MR) is 72.0 cm³/mol. The summed E-state index contributed by atoms with van der Waals surface area (Å²) in [6.45, 7) is 5.81. The molecule has 2 N–H and O–H groups in total. The van der Waals surface area contributed by atoms with E-state index in [4.69, 9.17) is 5.11 Å². The third-order valence-electron chi connectivity index (χ3n) is 2.78. The normalized spacial score (nSPS) is 12.2. The number of aliphatic carboxylic acids is 1. The highest BCUT2D eigenvalue weighted by Crippen LogP contribution is 2.07. The molecular formula is C14H20N2O3. The lowest BCUT2D eigenvalue weighted by molar-refractivity contribution is -0.139. The third kappa shape index (κ3) is 4.69. The highest BCUT2D eigenvalue weighted by Gasteiger charge is 2.22. The second-order valence-corrected chi connectivity index (χ2v) is 4.90. The number of carbonyl (C=O) groups excluding carboxylic acids is 1. The number of carboxylic acids is 1. The molecule has 104 valence electrons. The molecule has 1 aromatic rings. The zero-order valence-corrected chi connectivity index (χ0v) is 11.5. The Labute approximate surface area is 113 Å². The first-order valence-electron chi connectivity index (χ1n) is 6.42. The molecule has 0 aliphatic heterocycles. The van der Waals surface area contributed by atoms with Gasteiger partial charge in [-0.3, -0.25) is 9.78 Å². The van der Waals surface area contributed by atoms with Gasteiger partial charge in [-0.2, -0.15) is 0 Å². The van der Waals surface area contributed by atoms with Gasteiger partial charge in [0.25, 0.3) is 5.91 Å². The number of carbonyl (C=O) groups is 2. The van der Waals surface area contributed by atoms with Crippen LogP contribution in [-0.2, 0) is 11.2 Å². The van der Waals surface area contributed by atoms with Crippen molar-refractivity contribution in [3.63, 3.8) is 0 Å². The van der Waals surface area contributed by atoms with Crippen molar-refractivity contribution in [2.24, 2.45) is 5.92 Å². The highest BCUT2D eigenvalue weighted by molar-refractivity contribution is 5.95. The van der Waals surface area contributed by atoms with Crippen LogP contribution < -0.4 is 5.32 Å². The fourth-order valence-corrected chi connectivity index (χ4v) is 1.74. The minimum Gasteiger partial charge on any atom is -0.480 e. The first-order valence-corrected chi connectivity index (χ1v) is 6.42. The number of pyridine rings is 1. The van der Waals surface area contributed by atoms with Crippen LogP contribution in [0.2, 0.25) is 0 Å². The fourth-order valence-electron chi connectivity index (χ4n) is 1.74. The Morgan fingerprint density at radius 2 is 2.11 bits per heavy atom. The maximum absolute atomic E-state index is 12.0. The van der Waals surface area contributed by atoms with Gasteiger partial charge in [0, 0.05) is 6.20 Å². The number of hydrogen-bond acceptors (Lipinski definition) is 3. The van der Waals surface area contributed by atoms with Gasteiger partial charge in [0.05, 0.1) is 0 Å². The van der Waals surface area contributed by atoms with Gasteiger partial charge in [-0.15, -0.1) is 0 Å². The van der Waals surface area contributed by atoms with Crippen molar-refractivity contribution in [3.8, 4) is 0 Å². The summed E-state index contributed by atoms with van der Waals surface area (Å²) in [5.41, 5.74) is 1.25. The molecule has 0 bridgehead atoms. The minimum atomic E-state index is -1.02. The summed E-state index contributed by atoms with van der Waals surface area (Å²) in [4.78, 5) is 27.0. The molecular weight excluding hydrogens is 244 g/mol. The van der Waals surface area contributed by atoms with Gasteiger partial charge in [0.2, 0.25) is 0 Å². The summed E-state index contributed by atoms with van der Waals surface area (Å²) in [5, 5.41) is 11.6. The molecule has 19 heavy (non-hydrogen) atoms. The minimum absolute atomic E-state index is 0.191. The van der Waals surface area contributed by atoms with E-state index in [9.17, 15) is 9.59 Å². The lowest BCUT2D eigenvalue weighted by atomic mass is 10.0. The number of rotatable bonds is 6. The van der Waals surface area contributed by atoms with E-state index in [-0.39, 0.29) is 11.6 Å². The van der Waals surface area contributed by atoms with Crippen LogP contribution in [0.3, 0.4) is 0 Å². The molecule has 0 saturated carbocycles. The SMILES string of the molecule is CCc1ccnc(C(=O)NC(CC(C)C)C(=O)O)c1. The first-order chi connectivity index (χ1) is 8.93. The lowest BCUT2D eigenvalue weighted by Crippen LogP contribution is -2.41. The van der Waals surface area contributed by atoms with Crippen LogP contribution in [0.1, 0.15) is 43.2 Å². The van der Waals surface area contributed by atoms with Crippen LogP contribution in [0.25, 0.3) is 0 Å². The number of aryl methyl sites for hydroxylation is 1. The van der Waals surface area contributed by atoms with Crippen molar-refractivity contribution in [1.82, 2.24) is 10.3 Å². The number of aromatic nitrogens is 1. The van der Waals surface area contributed by atoms with Crippen LogP contribution in [-0.4, -0.2) is 28.0 Å². The molecule has 1 amide bonds. The zero-order valence-electron chi connectivity index (χ0n) is 11.5. The van der Waals surface area contributed by atoms with Gasteiger partial charge in [-0.05, 0) is 36.5 Å². The van der Waals surface area contributed by atoms with Gasteiger partial charge >= 0.3 is 5.97 Å². The molecule has 1 unspecified atom stereocenters. The van der Waals surface area contributed by atoms with E-state index in [0.29, 0.717) is 6.42 Å². The average Bonchev–Trinajstić information content (AvgIpc) is 2.37. The molecule has 0 saturated heterocycles. The molecule has 0 radical (unpaired) electrons. The summed E-state index contributed by atoms with van der Waals surface area (Å²) >= 11 is 0. The summed E-state index contributed by atoms with van der Waals surface area (Å²) in [7, 11) is 0. The van der Waals surface area contributed by atoms with Crippen LogP contribution in [0.5, 0.6) is 0 Å². The van der Waals surface area contributed by atoms with E-state index >= 15 is 0 Å². The van der Waals surface area contributed by atoms with Crippen molar-refractivity contribution in [3.05, 3.63) is 29.6 Å². The number of hydrogen-bond donors (Lipinski definition) is 2. The number of carboxylic acid groups (broad SMARTS) is 1. The van der Waals surface area contributed by atoms with Gasteiger partial charge < -0.3 is 10.4 Å². The molecule has 0 fully saturated rings. The molecule has 1 heterocycles. The molecule has 0 spiro atoms. The Hall–Kier alpha value is -1.91. The largest absolute Gasteiger partial charge is 0.480 e. The van der Waals surface area contributed by atoms with Crippen molar-refractivity contribution < 1.29 is 14.7 Å². The van der Waals surface area contributed by atoms with Gasteiger partial charge in [0.15, 0.2) is 0 Å². The van der Waals surface area contributed by atoms with Gasteiger partial charge in [-0.25, -0.2) is 4.79 Å². The van der Waals surface area contributed by atoms with E-state index < -0.39 is 17.9 Å². The Bertz CT molecular complexity index is 458. The average molecular weight is 264 g/mol. The van der Waals surface area contributed by atoms with E-state index in [1.165, 1.54) is 0 Å².